The third-order valence-corrected chi connectivity index (χ3v) is 10.3. The average molecular weight is 352 g/mol. The Bertz CT molecular complexity index is 680. The summed E-state index contributed by atoms with van der Waals surface area (Å²) in [5.74, 6) is 0.134. The Kier molecular flexibility index (Phi) is 3.76. The molecular formula is C16H22BrNOSi. The molecule has 0 aliphatic heterocycles. The van der Waals surface area contributed by atoms with Crippen LogP contribution in [0.4, 0.5) is 0 Å². The fraction of sp³-hybridized carbons (Fsp3) is 0.438. The smallest absolute Gasteiger partial charge is 0.161 e. The van der Waals surface area contributed by atoms with Gasteiger partial charge in [0.25, 0.3) is 0 Å². The van der Waals surface area contributed by atoms with Crippen molar-refractivity contribution < 1.29 is 4.79 Å². The highest BCUT2D eigenvalue weighted by Crippen LogP contribution is 2.40. The molecule has 0 spiro atoms. The number of Topliss-reactive ketones (excluding diaryl/α,β-unsaturated/α-hetero) is 1. The van der Waals surface area contributed by atoms with Crippen LogP contribution in [0.3, 0.4) is 0 Å². The number of halogens is 1. The molecule has 0 saturated heterocycles. The van der Waals surface area contributed by atoms with Crippen LogP contribution in [0.5, 0.6) is 0 Å². The van der Waals surface area contributed by atoms with Crippen molar-refractivity contribution in [3.05, 3.63) is 34.4 Å². The third kappa shape index (κ3) is 2.39. The summed E-state index contributed by atoms with van der Waals surface area (Å²) < 4.78 is 3.43. The Balaban J connectivity index is 2.83. The Labute approximate surface area is 130 Å². The number of hydrogen-bond acceptors (Lipinski definition) is 1. The van der Waals surface area contributed by atoms with E-state index < -0.39 is 8.24 Å². The Morgan fingerprint density at radius 2 is 1.85 bits per heavy atom. The molecule has 4 heteroatoms. The van der Waals surface area contributed by atoms with Crippen LogP contribution in [-0.4, -0.2) is 18.3 Å². The van der Waals surface area contributed by atoms with Crippen molar-refractivity contribution in [2.45, 2.75) is 45.8 Å². The SMILES string of the molecule is CC(=O)c1cn([Si](C)(C)C(C)(C)C)c2cc(Br)ccc12. The lowest BCUT2D eigenvalue weighted by molar-refractivity contribution is 0.101. The molecular weight excluding hydrogens is 330 g/mol. The monoisotopic (exact) mass is 351 g/mol. The molecule has 0 aliphatic rings. The number of aromatic nitrogens is 1. The molecule has 0 atom stereocenters. The van der Waals surface area contributed by atoms with E-state index in [0.717, 1.165) is 20.9 Å². The molecule has 0 amide bonds. The normalized spacial score (nSPS) is 12.9. The zero-order chi connectivity index (χ0) is 15.3. The molecule has 2 nitrogen and oxygen atoms in total. The predicted octanol–water partition coefficient (Wildman–Crippen LogP) is 5.46. The first-order chi connectivity index (χ1) is 9.05. The molecule has 2 rings (SSSR count). The van der Waals surface area contributed by atoms with E-state index in [-0.39, 0.29) is 10.8 Å². The fourth-order valence-electron chi connectivity index (χ4n) is 2.30. The van der Waals surface area contributed by atoms with Gasteiger partial charge in [-0.2, -0.15) is 0 Å². The molecule has 0 aliphatic carbocycles. The zero-order valence-electron chi connectivity index (χ0n) is 13.0. The first kappa shape index (κ1) is 15.5. The summed E-state index contributed by atoms with van der Waals surface area (Å²) >= 11 is 3.55. The van der Waals surface area contributed by atoms with Crippen molar-refractivity contribution in [3.63, 3.8) is 0 Å². The minimum atomic E-state index is -1.75. The van der Waals surface area contributed by atoms with Crippen molar-refractivity contribution in [1.29, 1.82) is 0 Å². The Morgan fingerprint density at radius 1 is 1.25 bits per heavy atom. The topological polar surface area (TPSA) is 22.0 Å². The summed E-state index contributed by atoms with van der Waals surface area (Å²) in [4.78, 5) is 11.9. The van der Waals surface area contributed by atoms with E-state index in [1.54, 1.807) is 6.92 Å². The van der Waals surface area contributed by atoms with Gasteiger partial charge >= 0.3 is 0 Å². The van der Waals surface area contributed by atoms with Gasteiger partial charge in [-0.3, -0.25) is 4.79 Å². The molecule has 0 bridgehead atoms. The van der Waals surface area contributed by atoms with Crippen LogP contribution in [0.25, 0.3) is 10.9 Å². The molecule has 0 saturated carbocycles. The fourth-order valence-corrected chi connectivity index (χ4v) is 4.62. The standard InChI is InChI=1S/C16H22BrNOSi/c1-11(19)14-10-18(20(5,6)16(2,3)4)15-9-12(17)7-8-13(14)15/h7-10H,1-6H3. The van der Waals surface area contributed by atoms with Gasteiger partial charge in [-0.05, 0) is 24.1 Å². The molecule has 20 heavy (non-hydrogen) atoms. The number of nitrogens with zero attached hydrogens (tertiary/aromatic N) is 1. The number of fused-ring (bicyclic) bond motifs is 1. The van der Waals surface area contributed by atoms with Crippen LogP contribution in [-0.2, 0) is 0 Å². The molecule has 0 radical (unpaired) electrons. The van der Waals surface area contributed by atoms with Crippen LogP contribution < -0.4 is 0 Å². The predicted molar refractivity (Wildman–Crippen MR) is 92.2 cm³/mol. The highest BCUT2D eigenvalue weighted by molar-refractivity contribution is 9.10. The van der Waals surface area contributed by atoms with Gasteiger partial charge in [0.2, 0.25) is 0 Å². The van der Waals surface area contributed by atoms with Gasteiger partial charge in [0, 0.05) is 27.1 Å². The van der Waals surface area contributed by atoms with Crippen LogP contribution >= 0.6 is 15.9 Å². The van der Waals surface area contributed by atoms with Crippen molar-refractivity contribution >= 4 is 40.9 Å². The first-order valence-electron chi connectivity index (χ1n) is 6.88. The van der Waals surface area contributed by atoms with Crippen molar-refractivity contribution in [2.24, 2.45) is 0 Å². The van der Waals surface area contributed by atoms with Crippen LogP contribution in [0.15, 0.2) is 28.9 Å². The molecule has 108 valence electrons. The highest BCUT2D eigenvalue weighted by Gasteiger charge is 2.38. The van der Waals surface area contributed by atoms with Gasteiger partial charge in [-0.1, -0.05) is 55.9 Å². The minimum Gasteiger partial charge on any atom is -0.373 e. The first-order valence-corrected chi connectivity index (χ1v) is 10.6. The lowest BCUT2D eigenvalue weighted by Crippen LogP contribution is -2.44. The summed E-state index contributed by atoms with van der Waals surface area (Å²) in [7, 11) is -1.75. The summed E-state index contributed by atoms with van der Waals surface area (Å²) in [6.45, 7) is 13.2. The molecule has 1 aromatic carbocycles. The third-order valence-electron chi connectivity index (χ3n) is 4.58. The van der Waals surface area contributed by atoms with Gasteiger partial charge in [0.1, 0.15) is 0 Å². The summed E-state index contributed by atoms with van der Waals surface area (Å²) in [6, 6.07) is 6.17. The largest absolute Gasteiger partial charge is 0.373 e. The van der Waals surface area contributed by atoms with Crippen molar-refractivity contribution in [3.8, 4) is 0 Å². The Morgan fingerprint density at radius 3 is 2.35 bits per heavy atom. The van der Waals surface area contributed by atoms with E-state index in [1.807, 2.05) is 12.1 Å². The van der Waals surface area contributed by atoms with Crippen LogP contribution in [0.2, 0.25) is 18.1 Å². The van der Waals surface area contributed by atoms with Crippen LogP contribution in [0, 0.1) is 0 Å². The van der Waals surface area contributed by atoms with Crippen LogP contribution in [0.1, 0.15) is 38.1 Å². The molecule has 0 unspecified atom stereocenters. The quantitative estimate of drug-likeness (QED) is 0.520. The summed E-state index contributed by atoms with van der Waals surface area (Å²) in [5, 5.41) is 1.28. The highest BCUT2D eigenvalue weighted by atomic mass is 79.9. The van der Waals surface area contributed by atoms with Gasteiger partial charge in [0.05, 0.1) is 0 Å². The Hall–Kier alpha value is -0.873. The second kappa shape index (κ2) is 4.85. The number of ketones is 1. The van der Waals surface area contributed by atoms with Crippen molar-refractivity contribution in [2.75, 3.05) is 0 Å². The maximum atomic E-state index is 11.9. The number of carbonyl (C=O) groups is 1. The zero-order valence-corrected chi connectivity index (χ0v) is 15.6. The summed E-state index contributed by atoms with van der Waals surface area (Å²) in [5.41, 5.74) is 1.99. The molecule has 0 N–H and O–H groups in total. The number of hydrogen-bond donors (Lipinski definition) is 0. The van der Waals surface area contributed by atoms with E-state index >= 15 is 0 Å². The number of rotatable bonds is 2. The molecule has 1 aromatic heterocycles. The lowest BCUT2D eigenvalue weighted by Gasteiger charge is -2.38. The molecule has 2 aromatic rings. The number of benzene rings is 1. The maximum absolute atomic E-state index is 11.9. The van der Waals surface area contributed by atoms with E-state index in [9.17, 15) is 4.79 Å². The van der Waals surface area contributed by atoms with Gasteiger partial charge < -0.3 is 4.23 Å². The second-order valence-electron chi connectivity index (χ2n) is 6.94. The van der Waals surface area contributed by atoms with E-state index in [2.05, 4.69) is 66.3 Å². The van der Waals surface area contributed by atoms with E-state index in [0.29, 0.717) is 0 Å². The minimum absolute atomic E-state index is 0.134. The van der Waals surface area contributed by atoms with Gasteiger partial charge in [-0.15, -0.1) is 0 Å². The van der Waals surface area contributed by atoms with Crippen molar-refractivity contribution in [1.82, 2.24) is 4.23 Å². The van der Waals surface area contributed by atoms with Gasteiger partial charge in [0.15, 0.2) is 14.0 Å². The lowest BCUT2D eigenvalue weighted by atomic mass is 10.1. The summed E-state index contributed by atoms with van der Waals surface area (Å²) in [6.07, 6.45) is 2.07. The molecule has 0 fully saturated rings. The number of carbonyl (C=O) groups excluding carboxylic acids is 1. The maximum Gasteiger partial charge on any atom is 0.161 e. The molecule has 1 heterocycles. The van der Waals surface area contributed by atoms with E-state index in [1.165, 1.54) is 0 Å². The second-order valence-corrected chi connectivity index (χ2v) is 13.0. The average Bonchev–Trinajstić information content (AvgIpc) is 2.66. The van der Waals surface area contributed by atoms with E-state index in [4.69, 9.17) is 0 Å². The van der Waals surface area contributed by atoms with Gasteiger partial charge in [-0.25, -0.2) is 0 Å².